The van der Waals surface area contributed by atoms with Gasteiger partial charge in [0.25, 0.3) is 10.0 Å². The van der Waals surface area contributed by atoms with Crippen molar-refractivity contribution in [3.8, 4) is 23.0 Å². The van der Waals surface area contributed by atoms with Gasteiger partial charge in [-0.25, -0.2) is 28.4 Å². The standard InChI is InChI=1S/C27H22BrN5O4S.H2O/c1-18-9-11-20(12-10-18)24-25(33-38(34,35)23-8-4-6-19-5-2-3-7-22(19)23)31-17-32-26(24)36-13-14-37-27-29-15-21(28)16-30-27;/h2-12,15-17H,13-14H2,1H3,(H,31,32,33);1H2. The van der Waals surface area contributed by atoms with Crippen molar-refractivity contribution in [2.45, 2.75) is 11.8 Å². The van der Waals surface area contributed by atoms with Crippen molar-refractivity contribution in [1.29, 1.82) is 0 Å². The maximum atomic E-state index is 13.6. The van der Waals surface area contributed by atoms with Gasteiger partial charge >= 0.3 is 6.01 Å². The van der Waals surface area contributed by atoms with Gasteiger partial charge in [-0.3, -0.25) is 4.72 Å². The van der Waals surface area contributed by atoms with Gasteiger partial charge in [-0.2, -0.15) is 0 Å². The highest BCUT2D eigenvalue weighted by atomic mass is 79.9. The second-order valence-corrected chi connectivity index (χ2v) is 10.8. The zero-order valence-corrected chi connectivity index (χ0v) is 23.1. The largest absolute Gasteiger partial charge is 0.473 e. The van der Waals surface area contributed by atoms with Crippen LogP contribution < -0.4 is 14.2 Å². The van der Waals surface area contributed by atoms with Gasteiger partial charge in [0.1, 0.15) is 19.5 Å². The number of hydrogen-bond donors (Lipinski definition) is 1. The lowest BCUT2D eigenvalue weighted by atomic mass is 10.1. The number of benzene rings is 3. The second kappa shape index (κ2) is 12.2. The van der Waals surface area contributed by atoms with Crippen LogP contribution in [0.15, 0.2) is 94.8 Å². The number of nitrogens with one attached hydrogen (secondary N) is 1. The third-order valence-electron chi connectivity index (χ3n) is 5.57. The molecule has 0 aliphatic rings. The molecular weight excluding hydrogens is 586 g/mol. The fraction of sp³-hybridized carbons (Fsp3) is 0.111. The molecule has 5 rings (SSSR count). The molecule has 0 spiro atoms. The van der Waals surface area contributed by atoms with Crippen LogP contribution in [-0.4, -0.2) is 47.0 Å². The molecule has 0 unspecified atom stereocenters. The summed E-state index contributed by atoms with van der Waals surface area (Å²) in [6.45, 7) is 2.23. The van der Waals surface area contributed by atoms with Crippen molar-refractivity contribution in [3.63, 3.8) is 0 Å². The van der Waals surface area contributed by atoms with Crippen LogP contribution >= 0.6 is 15.9 Å². The summed E-state index contributed by atoms with van der Waals surface area (Å²) < 4.78 is 42.0. The molecule has 3 N–H and O–H groups in total. The molecule has 0 atom stereocenters. The molecule has 2 heterocycles. The number of aromatic nitrogens is 4. The van der Waals surface area contributed by atoms with E-state index in [0.717, 1.165) is 15.4 Å². The van der Waals surface area contributed by atoms with Crippen molar-refractivity contribution in [2.24, 2.45) is 0 Å². The molecule has 0 aliphatic carbocycles. The Morgan fingerprint density at radius 3 is 2.31 bits per heavy atom. The summed E-state index contributed by atoms with van der Waals surface area (Å²) in [6.07, 6.45) is 4.42. The average Bonchev–Trinajstić information content (AvgIpc) is 2.92. The van der Waals surface area contributed by atoms with E-state index in [0.29, 0.717) is 16.5 Å². The van der Waals surface area contributed by atoms with E-state index in [1.807, 2.05) is 49.4 Å². The monoisotopic (exact) mass is 609 g/mol. The Morgan fingerprint density at radius 2 is 1.54 bits per heavy atom. The van der Waals surface area contributed by atoms with Gasteiger partial charge in [0, 0.05) is 17.8 Å². The summed E-state index contributed by atoms with van der Waals surface area (Å²) in [7, 11) is -4.00. The first-order valence-electron chi connectivity index (χ1n) is 11.6. The number of halogens is 1. The molecule has 0 fully saturated rings. The molecule has 3 aromatic carbocycles. The highest BCUT2D eigenvalue weighted by Crippen LogP contribution is 2.35. The lowest BCUT2D eigenvalue weighted by Gasteiger charge is -2.16. The zero-order valence-electron chi connectivity index (χ0n) is 20.7. The average molecular weight is 610 g/mol. The number of hydrogen-bond acceptors (Lipinski definition) is 8. The Balaban J connectivity index is 0.00000353. The molecule has 12 heteroatoms. The summed E-state index contributed by atoms with van der Waals surface area (Å²) in [5, 5.41) is 1.42. The Morgan fingerprint density at radius 1 is 0.846 bits per heavy atom. The van der Waals surface area contributed by atoms with Gasteiger partial charge in [0.15, 0.2) is 5.82 Å². The van der Waals surface area contributed by atoms with E-state index in [9.17, 15) is 8.42 Å². The van der Waals surface area contributed by atoms with Gasteiger partial charge in [-0.1, -0.05) is 66.2 Å². The molecular formula is C27H24BrN5O5S. The van der Waals surface area contributed by atoms with Crippen LogP contribution in [0, 0.1) is 6.92 Å². The van der Waals surface area contributed by atoms with Crippen molar-refractivity contribution in [1.82, 2.24) is 19.9 Å². The predicted molar refractivity (Wildman–Crippen MR) is 151 cm³/mol. The van der Waals surface area contributed by atoms with Crippen LogP contribution in [0.2, 0.25) is 0 Å². The lowest BCUT2D eigenvalue weighted by Crippen LogP contribution is -2.17. The maximum Gasteiger partial charge on any atom is 0.316 e. The first-order valence-corrected chi connectivity index (χ1v) is 13.8. The molecule has 0 saturated carbocycles. The molecule has 5 aromatic rings. The van der Waals surface area contributed by atoms with Crippen molar-refractivity contribution >= 4 is 42.5 Å². The minimum Gasteiger partial charge on any atom is -0.473 e. The van der Waals surface area contributed by atoms with E-state index in [1.165, 1.54) is 6.33 Å². The second-order valence-electron chi connectivity index (χ2n) is 8.23. The molecule has 0 saturated heterocycles. The predicted octanol–water partition coefficient (Wildman–Crippen LogP) is 4.59. The fourth-order valence-corrected chi connectivity index (χ4v) is 5.25. The molecule has 10 nitrogen and oxygen atoms in total. The topological polar surface area (TPSA) is 148 Å². The van der Waals surface area contributed by atoms with Gasteiger partial charge in [-0.05, 0) is 39.9 Å². The van der Waals surface area contributed by atoms with Crippen LogP contribution in [0.1, 0.15) is 5.56 Å². The normalized spacial score (nSPS) is 11.0. The summed E-state index contributed by atoms with van der Waals surface area (Å²) in [6, 6.07) is 20.2. The number of ether oxygens (including phenoxy) is 2. The third kappa shape index (κ3) is 6.48. The Kier molecular flexibility index (Phi) is 8.69. The van der Waals surface area contributed by atoms with Crippen LogP contribution in [-0.2, 0) is 10.0 Å². The highest BCUT2D eigenvalue weighted by Gasteiger charge is 2.23. The quantitative estimate of drug-likeness (QED) is 0.238. The Hall–Kier alpha value is -4.13. The summed E-state index contributed by atoms with van der Waals surface area (Å²) in [5.41, 5.74) is 2.16. The third-order valence-corrected chi connectivity index (χ3v) is 7.38. The van der Waals surface area contributed by atoms with Gasteiger partial charge in [0.05, 0.1) is 14.9 Å². The van der Waals surface area contributed by atoms with Crippen LogP contribution in [0.25, 0.3) is 21.9 Å². The summed E-state index contributed by atoms with van der Waals surface area (Å²) in [5.74, 6) is 0.309. The van der Waals surface area contributed by atoms with Gasteiger partial charge in [0.2, 0.25) is 5.88 Å². The molecule has 0 bridgehead atoms. The zero-order chi connectivity index (χ0) is 26.5. The number of fused-ring (bicyclic) bond motifs is 1. The molecule has 2 aromatic heterocycles. The molecule has 0 amide bonds. The summed E-state index contributed by atoms with van der Waals surface area (Å²) >= 11 is 3.28. The first kappa shape index (κ1) is 27.9. The van der Waals surface area contributed by atoms with E-state index in [-0.39, 0.29) is 41.3 Å². The number of anilines is 1. The van der Waals surface area contributed by atoms with Crippen molar-refractivity contribution < 1.29 is 23.4 Å². The van der Waals surface area contributed by atoms with E-state index in [2.05, 4.69) is 40.6 Å². The Bertz CT molecular complexity index is 1680. The lowest BCUT2D eigenvalue weighted by molar-refractivity contribution is 0.202. The Labute approximate surface area is 233 Å². The van der Waals surface area contributed by atoms with Crippen molar-refractivity contribution in [2.75, 3.05) is 17.9 Å². The van der Waals surface area contributed by atoms with E-state index >= 15 is 0 Å². The smallest absolute Gasteiger partial charge is 0.316 e. The molecule has 0 radical (unpaired) electrons. The van der Waals surface area contributed by atoms with Crippen LogP contribution in [0.5, 0.6) is 11.9 Å². The summed E-state index contributed by atoms with van der Waals surface area (Å²) in [4.78, 5) is 16.8. The SMILES string of the molecule is Cc1ccc(-c2c(NS(=O)(=O)c3cccc4ccccc34)ncnc2OCCOc2ncc(Br)cn2)cc1.O. The highest BCUT2D eigenvalue weighted by molar-refractivity contribution is 9.10. The number of nitrogens with zero attached hydrogens (tertiary/aromatic N) is 4. The molecule has 0 aliphatic heterocycles. The van der Waals surface area contributed by atoms with Crippen LogP contribution in [0.3, 0.4) is 0 Å². The number of sulfonamides is 1. The molecule has 200 valence electrons. The van der Waals surface area contributed by atoms with E-state index in [1.54, 1.807) is 36.7 Å². The molecule has 39 heavy (non-hydrogen) atoms. The minimum absolute atomic E-state index is 0. The first-order chi connectivity index (χ1) is 18.4. The maximum absolute atomic E-state index is 13.6. The van der Waals surface area contributed by atoms with Gasteiger partial charge < -0.3 is 14.9 Å². The number of rotatable bonds is 9. The van der Waals surface area contributed by atoms with Crippen molar-refractivity contribution in [3.05, 3.63) is 95.5 Å². The number of aryl methyl sites for hydroxylation is 1. The fourth-order valence-electron chi connectivity index (χ4n) is 3.80. The van der Waals surface area contributed by atoms with Gasteiger partial charge in [-0.15, -0.1) is 0 Å². The van der Waals surface area contributed by atoms with Crippen LogP contribution in [0.4, 0.5) is 5.82 Å². The van der Waals surface area contributed by atoms with E-state index < -0.39 is 10.0 Å². The minimum atomic E-state index is -4.00. The van der Waals surface area contributed by atoms with E-state index in [4.69, 9.17) is 9.47 Å².